The number of aromatic amines is 1. The number of hydrogen-bond donors (Lipinski definition) is 2. The minimum atomic E-state index is -0.0230. The van der Waals surface area contributed by atoms with Crippen LogP contribution >= 0.6 is 0 Å². The highest BCUT2D eigenvalue weighted by Crippen LogP contribution is 2.28. The van der Waals surface area contributed by atoms with Crippen LogP contribution in [0.4, 0.5) is 0 Å². The molecule has 0 amide bonds. The maximum absolute atomic E-state index is 5.66. The van der Waals surface area contributed by atoms with Crippen molar-refractivity contribution in [1.29, 1.82) is 0 Å². The lowest BCUT2D eigenvalue weighted by molar-refractivity contribution is 0.461. The second kappa shape index (κ2) is 4.90. The van der Waals surface area contributed by atoms with Crippen LogP contribution in [-0.2, 0) is 5.41 Å². The number of nitrogens with zero attached hydrogens (tertiary/aromatic N) is 2. The van der Waals surface area contributed by atoms with Crippen LogP contribution in [0.5, 0.6) is 0 Å². The zero-order valence-corrected chi connectivity index (χ0v) is 11.2. The van der Waals surface area contributed by atoms with Gasteiger partial charge in [0, 0.05) is 29.1 Å². The maximum atomic E-state index is 5.66. The predicted octanol–water partition coefficient (Wildman–Crippen LogP) is 2.41. The van der Waals surface area contributed by atoms with E-state index in [1.807, 2.05) is 19.1 Å². The number of hydrogen-bond acceptors (Lipinski definition) is 3. The zero-order chi connectivity index (χ0) is 13.2. The molecule has 2 aromatic heterocycles. The highest BCUT2D eigenvalue weighted by Gasteiger charge is 2.24. The number of aromatic nitrogens is 3. The highest BCUT2D eigenvalue weighted by atomic mass is 15.0. The molecule has 2 rings (SSSR count). The third kappa shape index (κ3) is 2.43. The molecule has 0 aromatic carbocycles. The largest absolute Gasteiger partial charge is 0.345 e. The van der Waals surface area contributed by atoms with Gasteiger partial charge in [0.15, 0.2) is 0 Å². The molecule has 4 nitrogen and oxygen atoms in total. The molecule has 0 bridgehead atoms. The third-order valence-corrected chi connectivity index (χ3v) is 3.25. The first-order chi connectivity index (χ1) is 8.54. The molecular weight excluding hydrogens is 224 g/mol. The third-order valence-electron chi connectivity index (χ3n) is 3.25. The van der Waals surface area contributed by atoms with Crippen LogP contribution in [-0.4, -0.2) is 21.5 Å². The van der Waals surface area contributed by atoms with Crippen molar-refractivity contribution < 1.29 is 0 Å². The summed E-state index contributed by atoms with van der Waals surface area (Å²) in [6.45, 7) is 7.03. The molecule has 0 unspecified atom stereocenters. The number of nitrogens with one attached hydrogen (secondary N) is 1. The van der Waals surface area contributed by atoms with Crippen LogP contribution in [0.1, 0.15) is 31.8 Å². The van der Waals surface area contributed by atoms with Crippen molar-refractivity contribution in [2.45, 2.75) is 32.6 Å². The van der Waals surface area contributed by atoms with Crippen LogP contribution < -0.4 is 5.73 Å². The molecule has 0 fully saturated rings. The van der Waals surface area contributed by atoms with Gasteiger partial charge < -0.3 is 10.7 Å². The highest BCUT2D eigenvalue weighted by molar-refractivity contribution is 5.61. The Bertz CT molecular complexity index is 514. The molecule has 18 heavy (non-hydrogen) atoms. The summed E-state index contributed by atoms with van der Waals surface area (Å²) in [6, 6.07) is 3.95. The van der Waals surface area contributed by atoms with Gasteiger partial charge in [-0.1, -0.05) is 13.8 Å². The summed E-state index contributed by atoms with van der Waals surface area (Å²) >= 11 is 0. The smallest absolute Gasteiger partial charge is 0.112 e. The molecule has 2 aromatic rings. The second-order valence-corrected chi connectivity index (χ2v) is 5.22. The van der Waals surface area contributed by atoms with Gasteiger partial charge in [-0.3, -0.25) is 4.98 Å². The molecule has 0 aliphatic carbocycles. The predicted molar refractivity (Wildman–Crippen MR) is 73.3 cm³/mol. The first-order valence-corrected chi connectivity index (χ1v) is 6.22. The Morgan fingerprint density at radius 1 is 1.28 bits per heavy atom. The standard InChI is InChI=1S/C14H20N4/c1-10-12(11-4-8-16-9-5-11)18-13(17-10)14(2,3)6-7-15/h4-5,8-9H,6-7,15H2,1-3H3,(H,17,18). The van der Waals surface area contributed by atoms with Crippen molar-refractivity contribution in [1.82, 2.24) is 15.0 Å². The Morgan fingerprint density at radius 3 is 2.56 bits per heavy atom. The maximum Gasteiger partial charge on any atom is 0.112 e. The molecule has 0 saturated heterocycles. The average molecular weight is 244 g/mol. The summed E-state index contributed by atoms with van der Waals surface area (Å²) in [5.41, 5.74) is 8.81. The van der Waals surface area contributed by atoms with Crippen molar-refractivity contribution in [3.8, 4) is 11.3 Å². The van der Waals surface area contributed by atoms with Gasteiger partial charge in [-0.15, -0.1) is 0 Å². The Labute approximate surface area is 108 Å². The van der Waals surface area contributed by atoms with Crippen molar-refractivity contribution in [2.24, 2.45) is 5.73 Å². The second-order valence-electron chi connectivity index (χ2n) is 5.22. The fraction of sp³-hybridized carbons (Fsp3) is 0.429. The number of pyridine rings is 1. The first-order valence-electron chi connectivity index (χ1n) is 6.22. The average Bonchev–Trinajstić information content (AvgIpc) is 2.73. The monoisotopic (exact) mass is 244 g/mol. The Morgan fingerprint density at radius 2 is 1.94 bits per heavy atom. The lowest BCUT2D eigenvalue weighted by Crippen LogP contribution is -2.23. The summed E-state index contributed by atoms with van der Waals surface area (Å²) < 4.78 is 0. The fourth-order valence-corrected chi connectivity index (χ4v) is 2.05. The summed E-state index contributed by atoms with van der Waals surface area (Å²) in [4.78, 5) is 12.1. The molecule has 4 heteroatoms. The Kier molecular flexibility index (Phi) is 3.48. The molecule has 0 radical (unpaired) electrons. The molecule has 0 saturated carbocycles. The number of aryl methyl sites for hydroxylation is 1. The molecule has 0 aliphatic heterocycles. The van der Waals surface area contributed by atoms with Crippen molar-refractivity contribution in [3.05, 3.63) is 36.0 Å². The van der Waals surface area contributed by atoms with Crippen molar-refractivity contribution >= 4 is 0 Å². The lowest BCUT2D eigenvalue weighted by Gasteiger charge is -2.20. The topological polar surface area (TPSA) is 67.6 Å². The van der Waals surface area contributed by atoms with Gasteiger partial charge in [-0.05, 0) is 32.0 Å². The van der Waals surface area contributed by atoms with Crippen LogP contribution in [0, 0.1) is 6.92 Å². The quantitative estimate of drug-likeness (QED) is 0.867. The van der Waals surface area contributed by atoms with E-state index in [9.17, 15) is 0 Å². The minimum Gasteiger partial charge on any atom is -0.345 e. The summed E-state index contributed by atoms with van der Waals surface area (Å²) in [5, 5.41) is 0. The van der Waals surface area contributed by atoms with Crippen molar-refractivity contribution in [2.75, 3.05) is 6.54 Å². The lowest BCUT2D eigenvalue weighted by atomic mass is 9.88. The molecule has 2 heterocycles. The normalized spacial score (nSPS) is 11.8. The number of H-pyrrole nitrogens is 1. The minimum absolute atomic E-state index is 0.0230. The Balaban J connectivity index is 2.39. The SMILES string of the molecule is Cc1[nH]c(C(C)(C)CCN)nc1-c1ccncc1. The summed E-state index contributed by atoms with van der Waals surface area (Å²) in [5.74, 6) is 0.997. The van der Waals surface area contributed by atoms with Gasteiger partial charge in [-0.25, -0.2) is 4.98 Å². The van der Waals surface area contributed by atoms with Crippen molar-refractivity contribution in [3.63, 3.8) is 0 Å². The van der Waals surface area contributed by atoms with E-state index >= 15 is 0 Å². The van der Waals surface area contributed by atoms with E-state index in [0.717, 1.165) is 29.2 Å². The molecule has 0 atom stereocenters. The Hall–Kier alpha value is -1.68. The zero-order valence-electron chi connectivity index (χ0n) is 11.2. The van der Waals surface area contributed by atoms with Gasteiger partial charge >= 0.3 is 0 Å². The number of nitrogens with two attached hydrogens (primary N) is 1. The van der Waals surface area contributed by atoms with E-state index in [0.29, 0.717) is 6.54 Å². The fourth-order valence-electron chi connectivity index (χ4n) is 2.05. The van der Waals surface area contributed by atoms with E-state index < -0.39 is 0 Å². The molecular formula is C14H20N4. The molecule has 0 aliphatic rings. The van der Waals surface area contributed by atoms with Crippen LogP contribution in [0.25, 0.3) is 11.3 Å². The van der Waals surface area contributed by atoms with Crippen LogP contribution in [0.2, 0.25) is 0 Å². The van der Waals surface area contributed by atoms with Gasteiger partial charge in [-0.2, -0.15) is 0 Å². The van der Waals surface area contributed by atoms with E-state index in [1.165, 1.54) is 0 Å². The summed E-state index contributed by atoms with van der Waals surface area (Å²) in [7, 11) is 0. The van der Waals surface area contributed by atoms with Gasteiger partial charge in [0.25, 0.3) is 0 Å². The van der Waals surface area contributed by atoms with E-state index in [1.54, 1.807) is 12.4 Å². The van der Waals surface area contributed by atoms with E-state index in [4.69, 9.17) is 10.7 Å². The molecule has 3 N–H and O–H groups in total. The number of imidazole rings is 1. The van der Waals surface area contributed by atoms with Gasteiger partial charge in [0.1, 0.15) is 5.82 Å². The number of rotatable bonds is 4. The molecule has 0 spiro atoms. The summed E-state index contributed by atoms with van der Waals surface area (Å²) in [6.07, 6.45) is 4.48. The first kappa shape index (κ1) is 12.8. The van der Waals surface area contributed by atoms with Crippen LogP contribution in [0.3, 0.4) is 0 Å². The van der Waals surface area contributed by atoms with E-state index in [-0.39, 0.29) is 5.41 Å². The van der Waals surface area contributed by atoms with Crippen LogP contribution in [0.15, 0.2) is 24.5 Å². The van der Waals surface area contributed by atoms with Gasteiger partial charge in [0.05, 0.1) is 5.69 Å². The molecule has 96 valence electrons. The van der Waals surface area contributed by atoms with E-state index in [2.05, 4.69) is 23.8 Å². The van der Waals surface area contributed by atoms with Gasteiger partial charge in [0.2, 0.25) is 0 Å².